The summed E-state index contributed by atoms with van der Waals surface area (Å²) in [6.07, 6.45) is 22.8. The van der Waals surface area contributed by atoms with E-state index in [1.807, 2.05) is 26.0 Å². The number of hydrogen-bond acceptors (Lipinski definition) is 2. The first-order valence-electron chi connectivity index (χ1n) is 10.6. The summed E-state index contributed by atoms with van der Waals surface area (Å²) in [7, 11) is 6.00. The Morgan fingerprint density at radius 2 is 0.792 bits per heavy atom. The number of nitrogens with one attached hydrogen (secondary N) is 1. The standard InChI is InChI=1S/C18H38ClN.C3H9N/c1-2-3-4-5-6-7-8-9-10-11-12-13-14-15-16-17-18-20-19;1-4(2)3/h20H,2-18H2,1H3;1-3H3. The lowest BCUT2D eigenvalue weighted by Gasteiger charge is -2.03. The Hall–Kier alpha value is 0.210. The largest absolute Gasteiger partial charge is 0.312 e. The molecule has 0 aromatic heterocycles. The van der Waals surface area contributed by atoms with Crippen molar-refractivity contribution < 1.29 is 0 Å². The van der Waals surface area contributed by atoms with E-state index < -0.39 is 0 Å². The van der Waals surface area contributed by atoms with Gasteiger partial charge in [-0.3, -0.25) is 0 Å². The van der Waals surface area contributed by atoms with Crippen LogP contribution in [0.5, 0.6) is 0 Å². The molecule has 0 atom stereocenters. The molecule has 1 N–H and O–H groups in total. The van der Waals surface area contributed by atoms with Crippen LogP contribution in [0, 0.1) is 0 Å². The van der Waals surface area contributed by atoms with E-state index in [-0.39, 0.29) is 0 Å². The summed E-state index contributed by atoms with van der Waals surface area (Å²) in [5.41, 5.74) is 0. The second-order valence-corrected chi connectivity index (χ2v) is 7.80. The van der Waals surface area contributed by atoms with Gasteiger partial charge in [0.05, 0.1) is 0 Å². The fraction of sp³-hybridized carbons (Fsp3) is 1.00. The molecule has 0 radical (unpaired) electrons. The van der Waals surface area contributed by atoms with E-state index in [4.69, 9.17) is 11.8 Å². The van der Waals surface area contributed by atoms with Gasteiger partial charge in [-0.1, -0.05) is 103 Å². The number of rotatable bonds is 17. The predicted octanol–water partition coefficient (Wildman–Crippen LogP) is 7.17. The highest BCUT2D eigenvalue weighted by Gasteiger charge is 1.94. The maximum atomic E-state index is 5.42. The van der Waals surface area contributed by atoms with E-state index in [0.29, 0.717) is 0 Å². The summed E-state index contributed by atoms with van der Waals surface area (Å²) in [4.78, 5) is 4.69. The summed E-state index contributed by atoms with van der Waals surface area (Å²) in [5, 5.41) is 0. The lowest BCUT2D eigenvalue weighted by atomic mass is 10.0. The first-order chi connectivity index (χ1) is 11.6. The average molecular weight is 363 g/mol. The highest BCUT2D eigenvalue weighted by atomic mass is 35.5. The van der Waals surface area contributed by atoms with Gasteiger partial charge in [0.2, 0.25) is 0 Å². The Bertz CT molecular complexity index is 178. The number of nitrogens with zero attached hydrogens (tertiary/aromatic N) is 1. The zero-order valence-corrected chi connectivity index (χ0v) is 18.1. The Morgan fingerprint density at radius 3 is 1.04 bits per heavy atom. The third-order valence-corrected chi connectivity index (χ3v) is 4.31. The number of unbranched alkanes of at least 4 members (excludes halogenated alkanes) is 15. The molecule has 0 aromatic carbocycles. The van der Waals surface area contributed by atoms with E-state index in [1.165, 1.54) is 103 Å². The van der Waals surface area contributed by atoms with Crippen molar-refractivity contribution in [3.8, 4) is 0 Å². The minimum absolute atomic E-state index is 0.958. The molecule has 0 aromatic rings. The van der Waals surface area contributed by atoms with Crippen LogP contribution in [0.15, 0.2) is 0 Å². The average Bonchev–Trinajstić information content (AvgIpc) is 2.54. The first kappa shape index (κ1) is 26.4. The Morgan fingerprint density at radius 1 is 0.542 bits per heavy atom. The van der Waals surface area contributed by atoms with Gasteiger partial charge in [-0.25, -0.2) is 4.84 Å². The molecule has 0 fully saturated rings. The maximum absolute atomic E-state index is 5.42. The summed E-state index contributed by atoms with van der Waals surface area (Å²) < 4.78 is 0. The molecular formula is C21H47ClN2. The Balaban J connectivity index is 0. The van der Waals surface area contributed by atoms with Crippen LogP contribution >= 0.6 is 11.8 Å². The van der Waals surface area contributed by atoms with Gasteiger partial charge in [0.25, 0.3) is 0 Å². The highest BCUT2D eigenvalue weighted by molar-refractivity contribution is 6.13. The molecule has 0 saturated heterocycles. The van der Waals surface area contributed by atoms with Crippen LogP contribution < -0.4 is 4.84 Å². The molecule has 0 unspecified atom stereocenters. The summed E-state index contributed by atoms with van der Waals surface area (Å²) >= 11 is 5.42. The van der Waals surface area contributed by atoms with Crippen LogP contribution in [0.2, 0.25) is 0 Å². The molecule has 0 aliphatic carbocycles. The van der Waals surface area contributed by atoms with Gasteiger partial charge in [0.15, 0.2) is 0 Å². The number of halogens is 1. The lowest BCUT2D eigenvalue weighted by molar-refractivity contribution is 0.505. The van der Waals surface area contributed by atoms with Crippen LogP contribution in [0.3, 0.4) is 0 Å². The summed E-state index contributed by atoms with van der Waals surface area (Å²) in [5.74, 6) is 0. The molecule has 148 valence electrons. The Kier molecular flexibility index (Phi) is 28.0. The van der Waals surface area contributed by atoms with Gasteiger partial charge < -0.3 is 4.90 Å². The fourth-order valence-electron chi connectivity index (χ4n) is 2.74. The normalized spacial score (nSPS) is 10.8. The Labute approximate surface area is 159 Å². The van der Waals surface area contributed by atoms with Crippen molar-refractivity contribution in [3.05, 3.63) is 0 Å². The van der Waals surface area contributed by atoms with Crippen molar-refractivity contribution in [2.75, 3.05) is 27.7 Å². The van der Waals surface area contributed by atoms with Crippen molar-refractivity contribution in [1.29, 1.82) is 0 Å². The molecule has 0 amide bonds. The van der Waals surface area contributed by atoms with Crippen LogP contribution in [-0.2, 0) is 0 Å². The molecule has 0 rings (SSSR count). The van der Waals surface area contributed by atoms with Crippen LogP contribution in [0.4, 0.5) is 0 Å². The van der Waals surface area contributed by atoms with E-state index in [0.717, 1.165) is 6.54 Å². The topological polar surface area (TPSA) is 15.3 Å². The molecule has 3 heteroatoms. The van der Waals surface area contributed by atoms with Gasteiger partial charge in [-0.2, -0.15) is 0 Å². The minimum atomic E-state index is 0.958. The maximum Gasteiger partial charge on any atom is 0.0108 e. The molecule has 0 spiro atoms. The minimum Gasteiger partial charge on any atom is -0.312 e. The highest BCUT2D eigenvalue weighted by Crippen LogP contribution is 2.13. The lowest BCUT2D eigenvalue weighted by Crippen LogP contribution is -1.99. The molecule has 24 heavy (non-hydrogen) atoms. The second kappa shape index (κ2) is 25.5. The van der Waals surface area contributed by atoms with Crippen molar-refractivity contribution in [3.63, 3.8) is 0 Å². The molecule has 0 saturated carbocycles. The molecular weight excluding hydrogens is 316 g/mol. The van der Waals surface area contributed by atoms with Crippen LogP contribution in [0.1, 0.15) is 110 Å². The fourth-order valence-corrected chi connectivity index (χ4v) is 2.87. The van der Waals surface area contributed by atoms with Crippen LogP contribution in [-0.4, -0.2) is 32.6 Å². The zero-order chi connectivity index (χ0) is 18.3. The quantitative estimate of drug-likeness (QED) is 0.218. The van der Waals surface area contributed by atoms with Crippen molar-refractivity contribution >= 4 is 11.8 Å². The first-order valence-corrected chi connectivity index (χ1v) is 11.0. The van der Waals surface area contributed by atoms with Gasteiger partial charge >= 0.3 is 0 Å². The second-order valence-electron chi connectivity index (χ2n) is 7.53. The molecule has 0 bridgehead atoms. The van der Waals surface area contributed by atoms with Gasteiger partial charge in [-0.15, -0.1) is 0 Å². The molecule has 0 aliphatic rings. The van der Waals surface area contributed by atoms with Crippen molar-refractivity contribution in [2.24, 2.45) is 0 Å². The smallest absolute Gasteiger partial charge is 0.0108 e. The molecule has 2 nitrogen and oxygen atoms in total. The van der Waals surface area contributed by atoms with Gasteiger partial charge in [0, 0.05) is 6.54 Å². The molecule has 0 heterocycles. The SMILES string of the molecule is CCCCCCCCCCCCCCCCCCNCl.CN(C)C. The van der Waals surface area contributed by atoms with Gasteiger partial charge in [-0.05, 0) is 39.3 Å². The third-order valence-electron chi connectivity index (χ3n) is 4.12. The third kappa shape index (κ3) is 33.7. The van der Waals surface area contributed by atoms with Gasteiger partial charge in [0.1, 0.15) is 0 Å². The monoisotopic (exact) mass is 362 g/mol. The van der Waals surface area contributed by atoms with E-state index in [9.17, 15) is 0 Å². The summed E-state index contributed by atoms with van der Waals surface area (Å²) in [6.45, 7) is 3.25. The van der Waals surface area contributed by atoms with E-state index in [1.54, 1.807) is 0 Å². The van der Waals surface area contributed by atoms with E-state index in [2.05, 4.69) is 11.8 Å². The number of hydrogen-bond donors (Lipinski definition) is 1. The van der Waals surface area contributed by atoms with Crippen LogP contribution in [0.25, 0.3) is 0 Å². The summed E-state index contributed by atoms with van der Waals surface area (Å²) in [6, 6.07) is 0. The van der Waals surface area contributed by atoms with Crippen molar-refractivity contribution in [1.82, 2.24) is 9.74 Å². The molecule has 0 aliphatic heterocycles. The van der Waals surface area contributed by atoms with E-state index >= 15 is 0 Å². The predicted molar refractivity (Wildman–Crippen MR) is 113 cm³/mol. The zero-order valence-electron chi connectivity index (χ0n) is 17.3. The van der Waals surface area contributed by atoms with Crippen molar-refractivity contribution in [2.45, 2.75) is 110 Å².